The van der Waals surface area contributed by atoms with Crippen molar-refractivity contribution in [2.24, 2.45) is 5.92 Å². The third kappa shape index (κ3) is 4.89. The molecule has 1 fully saturated rings. The van der Waals surface area contributed by atoms with Gasteiger partial charge < -0.3 is 10.1 Å². The molecule has 0 radical (unpaired) electrons. The van der Waals surface area contributed by atoms with Gasteiger partial charge in [0.2, 0.25) is 5.91 Å². The van der Waals surface area contributed by atoms with Crippen molar-refractivity contribution in [3.05, 3.63) is 29.3 Å². The number of thiazole rings is 1. The zero-order valence-corrected chi connectivity index (χ0v) is 17.6. The van der Waals surface area contributed by atoms with Gasteiger partial charge in [0, 0.05) is 5.92 Å². The fourth-order valence-corrected chi connectivity index (χ4v) is 4.76. The molecular weight excluding hydrogens is 374 g/mol. The van der Waals surface area contributed by atoms with Crippen LogP contribution in [0.1, 0.15) is 44.0 Å². The van der Waals surface area contributed by atoms with Crippen LogP contribution in [0.25, 0.3) is 10.2 Å². The molecule has 3 rings (SSSR count). The Labute approximate surface area is 170 Å². The number of esters is 1. The van der Waals surface area contributed by atoms with Crippen LogP contribution < -0.4 is 5.32 Å². The van der Waals surface area contributed by atoms with E-state index in [9.17, 15) is 9.59 Å². The molecule has 28 heavy (non-hydrogen) atoms. The lowest BCUT2D eigenvalue weighted by atomic mass is 9.97. The number of rotatable bonds is 7. The summed E-state index contributed by atoms with van der Waals surface area (Å²) >= 11 is 1.78. The number of carbonyl (C=O) groups is 2. The van der Waals surface area contributed by atoms with Crippen molar-refractivity contribution in [1.29, 1.82) is 0 Å². The molecule has 1 N–H and O–H groups in total. The van der Waals surface area contributed by atoms with Crippen molar-refractivity contribution in [3.63, 3.8) is 0 Å². The third-order valence-corrected chi connectivity index (χ3v) is 6.80. The number of aromatic nitrogens is 1. The van der Waals surface area contributed by atoms with Crippen molar-refractivity contribution >= 4 is 33.4 Å². The normalized spacial score (nSPS) is 18.0. The molecule has 0 saturated carbocycles. The Kier molecular flexibility index (Phi) is 7.02. The first kappa shape index (κ1) is 20.7. The molecule has 1 saturated heterocycles. The van der Waals surface area contributed by atoms with Gasteiger partial charge in [-0.05, 0) is 44.0 Å². The van der Waals surface area contributed by atoms with E-state index >= 15 is 0 Å². The largest absolute Gasteiger partial charge is 0.467 e. The van der Waals surface area contributed by atoms with Gasteiger partial charge in [0.15, 0.2) is 0 Å². The van der Waals surface area contributed by atoms with Crippen LogP contribution in [0, 0.1) is 5.92 Å². The Hall–Kier alpha value is -1.99. The minimum absolute atomic E-state index is 0.0428. The van der Waals surface area contributed by atoms with Crippen LogP contribution in [0.5, 0.6) is 0 Å². The maximum Gasteiger partial charge on any atom is 0.328 e. The lowest BCUT2D eigenvalue weighted by Gasteiger charge is -2.31. The molecule has 0 spiro atoms. The zero-order chi connectivity index (χ0) is 20.1. The molecule has 2 atom stereocenters. The Morgan fingerprint density at radius 3 is 2.68 bits per heavy atom. The number of benzene rings is 1. The number of methoxy groups -OCH3 is 1. The number of para-hydroxylation sites is 1. The van der Waals surface area contributed by atoms with Gasteiger partial charge in [-0.2, -0.15) is 0 Å². The maximum absolute atomic E-state index is 12.5. The van der Waals surface area contributed by atoms with E-state index in [1.807, 2.05) is 26.0 Å². The monoisotopic (exact) mass is 403 g/mol. The van der Waals surface area contributed by atoms with Gasteiger partial charge in [-0.25, -0.2) is 9.78 Å². The van der Waals surface area contributed by atoms with Crippen LogP contribution >= 0.6 is 11.3 Å². The number of amides is 1. The average molecular weight is 404 g/mol. The molecule has 1 aliphatic rings. The van der Waals surface area contributed by atoms with E-state index in [0.29, 0.717) is 12.5 Å². The van der Waals surface area contributed by atoms with E-state index in [-0.39, 0.29) is 17.8 Å². The van der Waals surface area contributed by atoms with Gasteiger partial charge >= 0.3 is 5.97 Å². The van der Waals surface area contributed by atoms with Gasteiger partial charge in [-0.3, -0.25) is 9.69 Å². The van der Waals surface area contributed by atoms with Gasteiger partial charge in [0.1, 0.15) is 6.04 Å². The fraction of sp³-hybridized carbons (Fsp3) is 0.571. The van der Waals surface area contributed by atoms with Gasteiger partial charge in [0.25, 0.3) is 0 Å². The lowest BCUT2D eigenvalue weighted by molar-refractivity contribution is -0.146. The first-order chi connectivity index (χ1) is 13.5. The number of carbonyl (C=O) groups excluding carboxylic acids is 2. The van der Waals surface area contributed by atoms with Crippen LogP contribution in [0.15, 0.2) is 24.3 Å². The highest BCUT2D eigenvalue weighted by Gasteiger charge is 2.29. The molecule has 6 nitrogen and oxygen atoms in total. The molecule has 1 aliphatic heterocycles. The summed E-state index contributed by atoms with van der Waals surface area (Å²) in [6.45, 7) is 5.99. The lowest BCUT2D eigenvalue weighted by Crippen LogP contribution is -2.49. The van der Waals surface area contributed by atoms with Crippen molar-refractivity contribution in [2.45, 2.75) is 45.1 Å². The molecule has 1 aromatic heterocycles. The zero-order valence-electron chi connectivity index (χ0n) is 16.8. The smallest absolute Gasteiger partial charge is 0.328 e. The van der Waals surface area contributed by atoms with Crippen molar-refractivity contribution in [2.75, 3.05) is 26.7 Å². The minimum Gasteiger partial charge on any atom is -0.467 e. The van der Waals surface area contributed by atoms with E-state index in [1.54, 1.807) is 11.3 Å². The van der Waals surface area contributed by atoms with Crippen molar-refractivity contribution in [1.82, 2.24) is 15.2 Å². The van der Waals surface area contributed by atoms with Crippen LogP contribution in [0.2, 0.25) is 0 Å². The quantitative estimate of drug-likeness (QED) is 0.719. The molecule has 2 heterocycles. The van der Waals surface area contributed by atoms with Crippen molar-refractivity contribution < 1.29 is 14.3 Å². The van der Waals surface area contributed by atoms with E-state index in [4.69, 9.17) is 9.72 Å². The summed E-state index contributed by atoms with van der Waals surface area (Å²) in [7, 11) is 1.36. The number of piperidine rings is 1. The molecule has 0 bridgehead atoms. The second kappa shape index (κ2) is 9.47. The highest BCUT2D eigenvalue weighted by atomic mass is 32.1. The number of hydrogen-bond acceptors (Lipinski definition) is 6. The summed E-state index contributed by atoms with van der Waals surface area (Å²) in [4.78, 5) is 31.4. The van der Waals surface area contributed by atoms with E-state index in [2.05, 4.69) is 22.3 Å². The Balaban J connectivity index is 1.51. The number of fused-ring (bicyclic) bond motifs is 1. The van der Waals surface area contributed by atoms with Crippen LogP contribution in [0.4, 0.5) is 0 Å². The minimum atomic E-state index is -0.581. The summed E-state index contributed by atoms with van der Waals surface area (Å²) in [5, 5.41) is 4.06. The third-order valence-electron chi connectivity index (χ3n) is 5.60. The summed E-state index contributed by atoms with van der Waals surface area (Å²) in [6.07, 6.45) is 2.80. The van der Waals surface area contributed by atoms with E-state index in [1.165, 1.54) is 16.8 Å². The molecule has 0 aliphatic carbocycles. The predicted octanol–water partition coefficient (Wildman–Crippen LogP) is 3.18. The van der Waals surface area contributed by atoms with E-state index in [0.717, 1.165) is 37.9 Å². The van der Waals surface area contributed by atoms with Crippen molar-refractivity contribution in [3.8, 4) is 0 Å². The molecule has 7 heteroatoms. The van der Waals surface area contributed by atoms with Crippen LogP contribution in [-0.4, -0.2) is 54.5 Å². The number of ether oxygens (including phenoxy) is 1. The fourth-order valence-electron chi connectivity index (χ4n) is 3.62. The second-order valence-corrected chi connectivity index (χ2v) is 8.59. The first-order valence-electron chi connectivity index (χ1n) is 9.96. The number of hydrogen-bond donors (Lipinski definition) is 1. The molecule has 1 amide bonds. The molecular formula is C21H29N3O3S. The maximum atomic E-state index is 12.5. The highest BCUT2D eigenvalue weighted by molar-refractivity contribution is 7.18. The Morgan fingerprint density at radius 1 is 1.32 bits per heavy atom. The van der Waals surface area contributed by atoms with Gasteiger partial charge in [-0.15, -0.1) is 11.3 Å². The highest BCUT2D eigenvalue weighted by Crippen LogP contribution is 2.33. The van der Waals surface area contributed by atoms with Gasteiger partial charge in [0.05, 0.1) is 28.9 Å². The summed E-state index contributed by atoms with van der Waals surface area (Å²) in [6, 6.07) is 7.66. The molecule has 152 valence electrons. The SMILES string of the molecule is CC[C@H](C)[C@@H](NC(=O)CN1CCC(c2nc3ccccc3s2)CC1)C(=O)OC. The molecule has 1 aromatic carbocycles. The van der Waals surface area contributed by atoms with E-state index < -0.39 is 6.04 Å². The standard InChI is InChI=1S/C21H29N3O3S/c1-4-14(2)19(21(26)27-3)23-18(25)13-24-11-9-15(10-12-24)20-22-16-7-5-6-8-17(16)28-20/h5-8,14-15,19H,4,9-13H2,1-3H3,(H,23,25)/t14-,19+/m0/s1. The number of nitrogens with one attached hydrogen (secondary N) is 1. The topological polar surface area (TPSA) is 71.5 Å². The summed E-state index contributed by atoms with van der Waals surface area (Å²) in [5.41, 5.74) is 1.07. The van der Waals surface area contributed by atoms with Crippen LogP contribution in [0.3, 0.4) is 0 Å². The first-order valence-corrected chi connectivity index (χ1v) is 10.8. The van der Waals surface area contributed by atoms with Gasteiger partial charge in [-0.1, -0.05) is 32.4 Å². The molecule has 0 unspecified atom stereocenters. The second-order valence-electron chi connectivity index (χ2n) is 7.52. The average Bonchev–Trinajstić information content (AvgIpc) is 3.15. The summed E-state index contributed by atoms with van der Waals surface area (Å²) < 4.78 is 6.08. The Bertz CT molecular complexity index is 781. The predicted molar refractivity (Wildman–Crippen MR) is 111 cm³/mol. The number of likely N-dealkylation sites (tertiary alicyclic amines) is 1. The number of nitrogens with zero attached hydrogens (tertiary/aromatic N) is 2. The summed E-state index contributed by atoms with van der Waals surface area (Å²) in [5.74, 6) is 0.00666. The Morgan fingerprint density at radius 2 is 2.04 bits per heavy atom. The molecule has 2 aromatic rings. The van der Waals surface area contributed by atoms with Crippen LogP contribution in [-0.2, 0) is 14.3 Å².